The van der Waals surface area contributed by atoms with Crippen molar-refractivity contribution < 1.29 is 4.42 Å². The average molecular weight is 463 g/mol. The Bertz CT molecular complexity index is 506. The first-order valence-electron chi connectivity index (χ1n) is 9.18. The summed E-state index contributed by atoms with van der Waals surface area (Å²) in [6, 6.07) is 0.785. The quantitative estimate of drug-likeness (QED) is 0.281. The summed E-state index contributed by atoms with van der Waals surface area (Å²) >= 11 is 0. The van der Waals surface area contributed by atoms with Crippen LogP contribution in [0.4, 0.5) is 0 Å². The number of oxazole rings is 1. The lowest BCUT2D eigenvalue weighted by Crippen LogP contribution is -2.39. The molecule has 0 unspecified atom stereocenters. The van der Waals surface area contributed by atoms with Crippen LogP contribution in [0.25, 0.3) is 0 Å². The second-order valence-corrected chi connectivity index (χ2v) is 6.73. The minimum atomic E-state index is 0. The maximum absolute atomic E-state index is 5.57. The van der Waals surface area contributed by atoms with E-state index in [0.29, 0.717) is 12.4 Å². The normalized spacial score (nSPS) is 16.0. The van der Waals surface area contributed by atoms with Crippen molar-refractivity contribution in [1.82, 2.24) is 20.5 Å². The molecule has 0 aromatic carbocycles. The van der Waals surface area contributed by atoms with Gasteiger partial charge in [0.1, 0.15) is 5.76 Å². The first-order valence-corrected chi connectivity index (χ1v) is 9.18. The second kappa shape index (κ2) is 11.7. The lowest BCUT2D eigenvalue weighted by atomic mass is 9.94. The zero-order valence-electron chi connectivity index (χ0n) is 16.1. The molecule has 1 saturated carbocycles. The van der Waals surface area contributed by atoms with Gasteiger partial charge in [-0.3, -0.25) is 4.99 Å². The third-order valence-corrected chi connectivity index (χ3v) is 4.88. The maximum Gasteiger partial charge on any atom is 0.214 e. The lowest BCUT2D eigenvalue weighted by Gasteiger charge is -2.31. The summed E-state index contributed by atoms with van der Waals surface area (Å²) in [5.74, 6) is 2.37. The predicted molar refractivity (Wildman–Crippen MR) is 114 cm³/mol. The molecule has 0 bridgehead atoms. The van der Waals surface area contributed by atoms with Crippen LogP contribution in [0.1, 0.15) is 55.9 Å². The molecule has 1 heterocycles. The van der Waals surface area contributed by atoms with E-state index < -0.39 is 0 Å². The Balaban J connectivity index is 0.00000312. The smallest absolute Gasteiger partial charge is 0.214 e. The molecule has 0 atom stereocenters. The number of guanidine groups is 1. The number of aromatic nitrogens is 1. The first kappa shape index (κ1) is 22.2. The van der Waals surface area contributed by atoms with Crippen LogP contribution in [0.15, 0.2) is 9.41 Å². The minimum absolute atomic E-state index is 0. The van der Waals surface area contributed by atoms with E-state index in [0.717, 1.165) is 43.0 Å². The summed E-state index contributed by atoms with van der Waals surface area (Å²) in [5.41, 5.74) is 0.945. The SMILES string of the molecule is CN=C(NCCCN(C)C1CCCCC1)NCc1nc(C)c(C)o1.I. The van der Waals surface area contributed by atoms with Crippen molar-refractivity contribution >= 4 is 29.9 Å². The van der Waals surface area contributed by atoms with Gasteiger partial charge < -0.3 is 20.0 Å². The molecule has 7 heteroatoms. The molecule has 2 rings (SSSR count). The minimum Gasteiger partial charge on any atom is -0.444 e. The van der Waals surface area contributed by atoms with Crippen molar-refractivity contribution in [3.8, 4) is 0 Å². The van der Waals surface area contributed by atoms with E-state index in [1.54, 1.807) is 7.05 Å². The van der Waals surface area contributed by atoms with Crippen molar-refractivity contribution in [2.45, 2.75) is 65.0 Å². The van der Waals surface area contributed by atoms with Crippen molar-refractivity contribution in [2.24, 2.45) is 4.99 Å². The summed E-state index contributed by atoms with van der Waals surface area (Å²) in [4.78, 5) is 11.1. The first-order chi connectivity index (χ1) is 11.6. The van der Waals surface area contributed by atoms with Crippen LogP contribution >= 0.6 is 24.0 Å². The summed E-state index contributed by atoms with van der Waals surface area (Å²) in [6.45, 7) is 6.49. The van der Waals surface area contributed by atoms with Crippen LogP contribution in [0, 0.1) is 13.8 Å². The van der Waals surface area contributed by atoms with Crippen LogP contribution < -0.4 is 10.6 Å². The van der Waals surface area contributed by atoms with E-state index in [2.05, 4.69) is 32.6 Å². The van der Waals surface area contributed by atoms with Crippen molar-refractivity contribution in [1.29, 1.82) is 0 Å². The lowest BCUT2D eigenvalue weighted by molar-refractivity contribution is 0.190. The van der Waals surface area contributed by atoms with Gasteiger partial charge in [-0.1, -0.05) is 19.3 Å². The fraction of sp³-hybridized carbons (Fsp3) is 0.778. The van der Waals surface area contributed by atoms with E-state index in [4.69, 9.17) is 4.42 Å². The summed E-state index contributed by atoms with van der Waals surface area (Å²) in [6.07, 6.45) is 8.04. The maximum atomic E-state index is 5.57. The van der Waals surface area contributed by atoms with E-state index in [9.17, 15) is 0 Å². The number of nitrogens with one attached hydrogen (secondary N) is 2. The molecule has 25 heavy (non-hydrogen) atoms. The van der Waals surface area contributed by atoms with Crippen molar-refractivity contribution in [3.05, 3.63) is 17.3 Å². The van der Waals surface area contributed by atoms with Gasteiger partial charge in [-0.05, 0) is 46.7 Å². The molecule has 0 radical (unpaired) electrons. The van der Waals surface area contributed by atoms with Crippen LogP contribution in [-0.2, 0) is 6.54 Å². The van der Waals surface area contributed by atoms with Crippen LogP contribution in [-0.4, -0.2) is 49.1 Å². The van der Waals surface area contributed by atoms with Gasteiger partial charge in [0.25, 0.3) is 0 Å². The van der Waals surface area contributed by atoms with Gasteiger partial charge in [0, 0.05) is 19.6 Å². The van der Waals surface area contributed by atoms with Crippen LogP contribution in [0.5, 0.6) is 0 Å². The fourth-order valence-corrected chi connectivity index (χ4v) is 3.23. The van der Waals surface area contributed by atoms with E-state index in [1.165, 1.54) is 32.1 Å². The Morgan fingerprint density at radius 1 is 1.24 bits per heavy atom. The molecule has 0 aliphatic heterocycles. The molecule has 1 aliphatic carbocycles. The third kappa shape index (κ3) is 7.52. The predicted octanol–water partition coefficient (Wildman–Crippen LogP) is 3.23. The molecule has 144 valence electrons. The van der Waals surface area contributed by atoms with Gasteiger partial charge in [-0.25, -0.2) is 4.98 Å². The number of hydrogen-bond acceptors (Lipinski definition) is 4. The van der Waals surface area contributed by atoms with Crippen molar-refractivity contribution in [2.75, 3.05) is 27.2 Å². The van der Waals surface area contributed by atoms with Crippen LogP contribution in [0.3, 0.4) is 0 Å². The van der Waals surface area contributed by atoms with E-state index >= 15 is 0 Å². The molecular formula is C18H34IN5O. The number of nitrogens with zero attached hydrogens (tertiary/aromatic N) is 3. The van der Waals surface area contributed by atoms with Gasteiger partial charge in [0.05, 0.1) is 12.2 Å². The van der Waals surface area contributed by atoms with Crippen molar-refractivity contribution in [3.63, 3.8) is 0 Å². The third-order valence-electron chi connectivity index (χ3n) is 4.88. The molecule has 0 saturated heterocycles. The second-order valence-electron chi connectivity index (χ2n) is 6.73. The Kier molecular flexibility index (Phi) is 10.4. The molecule has 1 aliphatic rings. The molecular weight excluding hydrogens is 429 g/mol. The summed E-state index contributed by atoms with van der Waals surface area (Å²) in [7, 11) is 4.05. The largest absolute Gasteiger partial charge is 0.444 e. The molecule has 0 amide bonds. The number of aryl methyl sites for hydroxylation is 2. The monoisotopic (exact) mass is 463 g/mol. The van der Waals surface area contributed by atoms with E-state index in [1.807, 2.05) is 13.8 Å². The molecule has 2 N–H and O–H groups in total. The summed E-state index contributed by atoms with van der Waals surface area (Å²) < 4.78 is 5.57. The summed E-state index contributed by atoms with van der Waals surface area (Å²) in [5, 5.41) is 6.61. The number of rotatable bonds is 7. The molecule has 1 fully saturated rings. The molecule has 6 nitrogen and oxygen atoms in total. The highest BCUT2D eigenvalue weighted by Gasteiger charge is 2.17. The fourth-order valence-electron chi connectivity index (χ4n) is 3.23. The highest BCUT2D eigenvalue weighted by molar-refractivity contribution is 14.0. The highest BCUT2D eigenvalue weighted by atomic mass is 127. The van der Waals surface area contributed by atoms with E-state index in [-0.39, 0.29) is 24.0 Å². The van der Waals surface area contributed by atoms with Gasteiger partial charge >= 0.3 is 0 Å². The molecule has 1 aromatic rings. The van der Waals surface area contributed by atoms with Crippen LogP contribution in [0.2, 0.25) is 0 Å². The Morgan fingerprint density at radius 3 is 2.56 bits per heavy atom. The topological polar surface area (TPSA) is 65.7 Å². The zero-order chi connectivity index (χ0) is 17.4. The number of aliphatic imine (C=N–C) groups is 1. The number of hydrogen-bond donors (Lipinski definition) is 2. The molecule has 0 spiro atoms. The average Bonchev–Trinajstić information content (AvgIpc) is 2.93. The van der Waals surface area contributed by atoms with Gasteiger partial charge in [0.15, 0.2) is 5.96 Å². The Hall–Kier alpha value is -0.830. The van der Waals surface area contributed by atoms with Gasteiger partial charge in [-0.2, -0.15) is 0 Å². The Morgan fingerprint density at radius 2 is 1.96 bits per heavy atom. The zero-order valence-corrected chi connectivity index (χ0v) is 18.4. The van der Waals surface area contributed by atoms with Gasteiger partial charge in [0.2, 0.25) is 5.89 Å². The standard InChI is InChI=1S/C18H33N5O.HI/c1-14-15(2)24-17(22-14)13-21-18(19-3)20-11-8-12-23(4)16-9-6-5-7-10-16;/h16H,5-13H2,1-4H3,(H2,19,20,21);1H. The van der Waals surface area contributed by atoms with Gasteiger partial charge in [-0.15, -0.1) is 24.0 Å². The number of halogens is 1. The molecule has 1 aromatic heterocycles. The Labute approximate surface area is 169 Å². The highest BCUT2D eigenvalue weighted by Crippen LogP contribution is 2.21.